The number of anilines is 1. The lowest BCUT2D eigenvalue weighted by Gasteiger charge is -2.28. The van der Waals surface area contributed by atoms with E-state index in [0.717, 1.165) is 36.7 Å². The molecule has 0 aliphatic carbocycles. The highest BCUT2D eigenvalue weighted by Crippen LogP contribution is 2.45. The quantitative estimate of drug-likeness (QED) is 0.636. The van der Waals surface area contributed by atoms with Gasteiger partial charge in [-0.05, 0) is 31.0 Å². The van der Waals surface area contributed by atoms with Gasteiger partial charge in [-0.15, -0.1) is 24.8 Å². The Morgan fingerprint density at radius 3 is 2.57 bits per heavy atom. The van der Waals surface area contributed by atoms with Gasteiger partial charge in [-0.3, -0.25) is 4.90 Å². The van der Waals surface area contributed by atoms with E-state index in [1.165, 1.54) is 11.1 Å². The zero-order valence-corrected chi connectivity index (χ0v) is 18.0. The molecule has 1 aromatic carbocycles. The number of rotatable bonds is 2. The summed E-state index contributed by atoms with van der Waals surface area (Å²) in [6.07, 6.45) is 3.64. The van der Waals surface area contributed by atoms with Gasteiger partial charge < -0.3 is 9.47 Å². The van der Waals surface area contributed by atoms with Crippen LogP contribution >= 0.6 is 24.8 Å². The fourth-order valence-electron chi connectivity index (χ4n) is 4.87. The van der Waals surface area contributed by atoms with Crippen molar-refractivity contribution in [2.24, 2.45) is 18.9 Å². The van der Waals surface area contributed by atoms with Crippen LogP contribution in [0.1, 0.15) is 17.2 Å². The van der Waals surface area contributed by atoms with Crippen LogP contribution in [0.15, 0.2) is 36.8 Å². The predicted octanol–water partition coefficient (Wildman–Crippen LogP) is 3.25. The van der Waals surface area contributed by atoms with Crippen molar-refractivity contribution < 1.29 is 0 Å². The third kappa shape index (κ3) is 3.23. The first kappa shape index (κ1) is 20.8. The van der Waals surface area contributed by atoms with E-state index in [-0.39, 0.29) is 24.8 Å². The van der Waals surface area contributed by atoms with E-state index < -0.39 is 0 Å². The fourth-order valence-corrected chi connectivity index (χ4v) is 4.87. The number of hydrogen-bond donors (Lipinski definition) is 0. The zero-order chi connectivity index (χ0) is 17.8. The molecule has 0 saturated carbocycles. The standard InChI is InChI=1S/C20H24N6.2ClH/c1-13-6-4-5-7-15(13)18-16-11-26(10-14(16)9-24(18)2)20-21-8-17-19(23-20)25(3)12-22-17;;/h4-8,12,14,16,18H,9-11H2,1-3H3;2*1H/t14-,16+,18-;;/m0../s1. The number of halogens is 2. The number of aryl methyl sites for hydroxylation is 2. The predicted molar refractivity (Wildman–Crippen MR) is 117 cm³/mol. The van der Waals surface area contributed by atoms with Crippen molar-refractivity contribution in [1.82, 2.24) is 24.4 Å². The second-order valence-electron chi connectivity index (χ2n) is 7.80. The molecule has 3 aromatic rings. The summed E-state index contributed by atoms with van der Waals surface area (Å²) in [6, 6.07) is 9.29. The second-order valence-corrected chi connectivity index (χ2v) is 7.80. The monoisotopic (exact) mass is 420 g/mol. The molecule has 0 spiro atoms. The molecule has 0 radical (unpaired) electrons. The molecule has 5 rings (SSSR count). The van der Waals surface area contributed by atoms with Crippen LogP contribution < -0.4 is 4.90 Å². The van der Waals surface area contributed by atoms with Crippen LogP contribution in [0.2, 0.25) is 0 Å². The van der Waals surface area contributed by atoms with Crippen LogP contribution in [0.25, 0.3) is 11.2 Å². The van der Waals surface area contributed by atoms with Crippen LogP contribution in [0.5, 0.6) is 0 Å². The molecule has 6 nitrogen and oxygen atoms in total. The van der Waals surface area contributed by atoms with Crippen molar-refractivity contribution in [2.75, 3.05) is 31.6 Å². The van der Waals surface area contributed by atoms with Crippen LogP contribution in [0, 0.1) is 18.8 Å². The van der Waals surface area contributed by atoms with Crippen LogP contribution in [-0.4, -0.2) is 51.1 Å². The zero-order valence-electron chi connectivity index (χ0n) is 16.3. The number of fused-ring (bicyclic) bond motifs is 2. The van der Waals surface area contributed by atoms with Crippen LogP contribution in [0.4, 0.5) is 5.95 Å². The molecule has 2 saturated heterocycles. The molecule has 2 fully saturated rings. The first-order chi connectivity index (χ1) is 12.6. The Balaban J connectivity index is 0.00000112. The molecule has 0 bridgehead atoms. The van der Waals surface area contributed by atoms with E-state index in [1.807, 2.05) is 17.8 Å². The summed E-state index contributed by atoms with van der Waals surface area (Å²) >= 11 is 0. The third-order valence-electron chi connectivity index (χ3n) is 6.13. The molecule has 0 N–H and O–H groups in total. The summed E-state index contributed by atoms with van der Waals surface area (Å²) in [5.74, 6) is 2.11. The summed E-state index contributed by atoms with van der Waals surface area (Å²) < 4.78 is 1.96. The van der Waals surface area contributed by atoms with E-state index in [4.69, 9.17) is 4.98 Å². The van der Waals surface area contributed by atoms with Crippen molar-refractivity contribution in [3.05, 3.63) is 47.9 Å². The van der Waals surface area contributed by atoms with E-state index >= 15 is 0 Å². The maximum atomic E-state index is 4.78. The van der Waals surface area contributed by atoms with Gasteiger partial charge in [-0.1, -0.05) is 24.3 Å². The Morgan fingerprint density at radius 2 is 1.79 bits per heavy atom. The van der Waals surface area contributed by atoms with Crippen LogP contribution in [0.3, 0.4) is 0 Å². The van der Waals surface area contributed by atoms with Gasteiger partial charge in [0.15, 0.2) is 5.65 Å². The highest BCUT2D eigenvalue weighted by Gasteiger charge is 2.47. The number of nitrogens with zero attached hydrogens (tertiary/aromatic N) is 6. The van der Waals surface area contributed by atoms with Crippen molar-refractivity contribution >= 4 is 41.9 Å². The largest absolute Gasteiger partial charge is 0.340 e. The number of aromatic nitrogens is 4. The molecule has 0 amide bonds. The molecule has 8 heteroatoms. The molecule has 2 aromatic heterocycles. The normalized spacial score (nSPS) is 24.1. The molecule has 28 heavy (non-hydrogen) atoms. The molecule has 2 aliphatic heterocycles. The SMILES string of the molecule is Cc1ccccc1[C@H]1[C@@H]2CN(c3ncc4ncn(C)c4n3)C[C@@H]2CN1C.Cl.Cl. The summed E-state index contributed by atoms with van der Waals surface area (Å²) in [6.45, 7) is 5.40. The molecule has 0 unspecified atom stereocenters. The van der Waals surface area contributed by atoms with E-state index in [0.29, 0.717) is 17.9 Å². The second kappa shape index (κ2) is 7.85. The number of hydrogen-bond acceptors (Lipinski definition) is 5. The lowest BCUT2D eigenvalue weighted by atomic mass is 9.88. The molecule has 150 valence electrons. The van der Waals surface area contributed by atoms with Gasteiger partial charge in [0.05, 0.1) is 12.5 Å². The summed E-state index contributed by atoms with van der Waals surface area (Å²) in [7, 11) is 4.24. The van der Waals surface area contributed by atoms with Crippen LogP contribution in [-0.2, 0) is 7.05 Å². The minimum Gasteiger partial charge on any atom is -0.340 e. The summed E-state index contributed by atoms with van der Waals surface area (Å²) in [5.41, 5.74) is 4.61. The lowest BCUT2D eigenvalue weighted by molar-refractivity contribution is 0.278. The Labute approximate surface area is 177 Å². The fraction of sp³-hybridized carbons (Fsp3) is 0.450. The van der Waals surface area contributed by atoms with Gasteiger partial charge in [0.2, 0.25) is 5.95 Å². The maximum Gasteiger partial charge on any atom is 0.227 e. The van der Waals surface area contributed by atoms with Gasteiger partial charge >= 0.3 is 0 Å². The highest BCUT2D eigenvalue weighted by atomic mass is 35.5. The van der Waals surface area contributed by atoms with Crippen molar-refractivity contribution in [2.45, 2.75) is 13.0 Å². The van der Waals surface area contributed by atoms with Crippen molar-refractivity contribution in [3.8, 4) is 0 Å². The Bertz CT molecular complexity index is 974. The number of benzene rings is 1. The molecular formula is C20H26Cl2N6. The van der Waals surface area contributed by atoms with E-state index in [9.17, 15) is 0 Å². The Morgan fingerprint density at radius 1 is 1.00 bits per heavy atom. The molecular weight excluding hydrogens is 395 g/mol. The first-order valence-corrected chi connectivity index (χ1v) is 9.26. The lowest BCUT2D eigenvalue weighted by Crippen LogP contribution is -2.30. The Hall–Kier alpha value is -1.89. The summed E-state index contributed by atoms with van der Waals surface area (Å²) in [4.78, 5) is 18.6. The van der Waals surface area contributed by atoms with Gasteiger partial charge in [-0.2, -0.15) is 4.98 Å². The first-order valence-electron chi connectivity index (χ1n) is 9.26. The molecule has 2 aliphatic rings. The number of imidazole rings is 1. The van der Waals surface area contributed by atoms with Gasteiger partial charge in [0.25, 0.3) is 0 Å². The minimum atomic E-state index is 0. The van der Waals surface area contributed by atoms with Gasteiger partial charge in [-0.25, -0.2) is 9.97 Å². The smallest absolute Gasteiger partial charge is 0.227 e. The topological polar surface area (TPSA) is 50.1 Å². The highest BCUT2D eigenvalue weighted by molar-refractivity contribution is 5.85. The average molecular weight is 421 g/mol. The third-order valence-corrected chi connectivity index (χ3v) is 6.13. The van der Waals surface area contributed by atoms with E-state index in [2.05, 4.69) is 58.0 Å². The van der Waals surface area contributed by atoms with Crippen molar-refractivity contribution in [3.63, 3.8) is 0 Å². The summed E-state index contributed by atoms with van der Waals surface area (Å²) in [5, 5.41) is 0. The average Bonchev–Trinajstić information content (AvgIpc) is 3.28. The molecule has 3 atom stereocenters. The maximum absolute atomic E-state index is 4.78. The van der Waals surface area contributed by atoms with E-state index in [1.54, 1.807) is 6.33 Å². The Kier molecular flexibility index (Phi) is 5.84. The molecule has 4 heterocycles. The number of likely N-dealkylation sites (tertiary alicyclic amines) is 1. The van der Waals surface area contributed by atoms with Gasteiger partial charge in [0, 0.05) is 38.6 Å². The minimum absolute atomic E-state index is 0. The van der Waals surface area contributed by atoms with Crippen molar-refractivity contribution in [1.29, 1.82) is 0 Å². The van der Waals surface area contributed by atoms with Gasteiger partial charge in [0.1, 0.15) is 5.52 Å².